The van der Waals surface area contributed by atoms with Gasteiger partial charge in [-0.25, -0.2) is 13.2 Å². The summed E-state index contributed by atoms with van der Waals surface area (Å²) in [7, 11) is -4.39. The van der Waals surface area contributed by atoms with Gasteiger partial charge in [0.05, 0.1) is 10.5 Å². The number of esters is 1. The molecule has 0 fully saturated rings. The van der Waals surface area contributed by atoms with Crippen LogP contribution in [-0.4, -0.2) is 20.9 Å². The quantitative estimate of drug-likeness (QED) is 0.438. The van der Waals surface area contributed by atoms with Crippen LogP contribution in [0.1, 0.15) is 22.3 Å². The zero-order valence-electron chi connectivity index (χ0n) is 16.9. The van der Waals surface area contributed by atoms with Gasteiger partial charge < -0.3 is 9.15 Å². The van der Waals surface area contributed by atoms with Gasteiger partial charge in [0.1, 0.15) is 18.7 Å². The summed E-state index contributed by atoms with van der Waals surface area (Å²) in [5.41, 5.74) is 0.605. The molecule has 1 aromatic heterocycles. The number of rotatable bonds is 6. The first-order chi connectivity index (χ1) is 14.9. The lowest BCUT2D eigenvalue weighted by atomic mass is 10.0. The maximum Gasteiger partial charge on any atom is 0.416 e. The van der Waals surface area contributed by atoms with E-state index >= 15 is 0 Å². The van der Waals surface area contributed by atoms with E-state index in [0.29, 0.717) is 22.6 Å². The molecule has 0 spiro atoms. The number of hydrogen-bond donors (Lipinski definition) is 1. The predicted molar refractivity (Wildman–Crippen MR) is 108 cm³/mol. The molecule has 0 bridgehead atoms. The monoisotopic (exact) mass is 469 g/mol. The molecule has 1 heterocycles. The van der Waals surface area contributed by atoms with Crippen molar-refractivity contribution >= 4 is 27.0 Å². The second-order valence-electron chi connectivity index (χ2n) is 6.99. The average molecular weight is 469 g/mol. The third kappa shape index (κ3) is 5.17. The van der Waals surface area contributed by atoms with E-state index in [0.717, 1.165) is 35.4 Å². The molecule has 0 aliphatic rings. The second kappa shape index (κ2) is 8.75. The van der Waals surface area contributed by atoms with E-state index in [1.807, 2.05) is 17.7 Å². The Bertz CT molecular complexity index is 1350. The van der Waals surface area contributed by atoms with Crippen molar-refractivity contribution in [2.45, 2.75) is 31.5 Å². The number of benzene rings is 2. The second-order valence-corrected chi connectivity index (χ2v) is 8.75. The first-order valence-corrected chi connectivity index (χ1v) is 10.7. The molecule has 32 heavy (non-hydrogen) atoms. The molecule has 0 atom stereocenters. The number of ether oxygens (including phenoxy) is 1. The van der Waals surface area contributed by atoms with Crippen molar-refractivity contribution in [3.8, 4) is 0 Å². The number of halogens is 3. The zero-order chi connectivity index (χ0) is 23.7. The number of alkyl halides is 3. The summed E-state index contributed by atoms with van der Waals surface area (Å²) in [6.07, 6.45) is -4.72. The lowest BCUT2D eigenvalue weighted by Gasteiger charge is -2.11. The van der Waals surface area contributed by atoms with E-state index in [-0.39, 0.29) is 6.61 Å². The number of sulfonamides is 1. The Balaban J connectivity index is 1.70. The summed E-state index contributed by atoms with van der Waals surface area (Å²) >= 11 is 0. The minimum atomic E-state index is -4.72. The minimum Gasteiger partial charge on any atom is -0.460 e. The third-order valence-electron chi connectivity index (χ3n) is 4.78. The van der Waals surface area contributed by atoms with Crippen molar-refractivity contribution < 1.29 is 35.5 Å². The van der Waals surface area contributed by atoms with Crippen molar-refractivity contribution in [2.75, 3.05) is 6.54 Å². The van der Waals surface area contributed by atoms with E-state index in [4.69, 9.17) is 9.15 Å². The maximum absolute atomic E-state index is 12.8. The summed E-state index contributed by atoms with van der Waals surface area (Å²) < 4.78 is 75.1. The van der Waals surface area contributed by atoms with Crippen molar-refractivity contribution in [2.24, 2.45) is 0 Å². The average Bonchev–Trinajstić information content (AvgIpc) is 2.73. The van der Waals surface area contributed by atoms with Crippen molar-refractivity contribution in [3.63, 3.8) is 0 Å². The van der Waals surface area contributed by atoms with E-state index in [1.54, 1.807) is 13.0 Å². The van der Waals surface area contributed by atoms with E-state index in [1.165, 1.54) is 0 Å². The highest BCUT2D eigenvalue weighted by Crippen LogP contribution is 2.30. The van der Waals surface area contributed by atoms with Gasteiger partial charge in [-0.15, -0.1) is 0 Å². The van der Waals surface area contributed by atoms with Crippen LogP contribution in [0.3, 0.4) is 0 Å². The van der Waals surface area contributed by atoms with Gasteiger partial charge in [-0.05, 0) is 43.2 Å². The first-order valence-electron chi connectivity index (χ1n) is 9.24. The normalized spacial score (nSPS) is 12.2. The van der Waals surface area contributed by atoms with Crippen LogP contribution in [0.5, 0.6) is 0 Å². The highest BCUT2D eigenvalue weighted by Gasteiger charge is 2.31. The van der Waals surface area contributed by atoms with Crippen LogP contribution in [0, 0.1) is 13.8 Å². The van der Waals surface area contributed by atoms with Crippen LogP contribution in [0.15, 0.2) is 56.6 Å². The Hall–Kier alpha value is -3.18. The van der Waals surface area contributed by atoms with Gasteiger partial charge >= 0.3 is 17.8 Å². The number of nitrogens with one attached hydrogen (secondary N) is 1. The molecule has 0 radical (unpaired) electrons. The molecule has 0 saturated heterocycles. The van der Waals surface area contributed by atoms with Crippen LogP contribution in [-0.2, 0) is 32.3 Å². The fourth-order valence-corrected chi connectivity index (χ4v) is 3.94. The molecular weight excluding hydrogens is 451 g/mol. The van der Waals surface area contributed by atoms with Gasteiger partial charge in [-0.2, -0.15) is 17.9 Å². The lowest BCUT2D eigenvalue weighted by molar-refractivity contribution is -0.143. The third-order valence-corrected chi connectivity index (χ3v) is 6.18. The van der Waals surface area contributed by atoms with Crippen molar-refractivity contribution in [1.82, 2.24) is 4.72 Å². The Labute approximate surface area is 180 Å². The Morgan fingerprint density at radius 2 is 1.84 bits per heavy atom. The van der Waals surface area contributed by atoms with Crippen LogP contribution in [0.25, 0.3) is 11.0 Å². The lowest BCUT2D eigenvalue weighted by Crippen LogP contribution is -2.31. The van der Waals surface area contributed by atoms with Gasteiger partial charge in [-0.1, -0.05) is 18.2 Å². The predicted octanol–water partition coefficient (Wildman–Crippen LogP) is 3.45. The van der Waals surface area contributed by atoms with Crippen LogP contribution < -0.4 is 10.3 Å². The summed E-state index contributed by atoms with van der Waals surface area (Å²) in [5, 5.41) is 0.560. The summed E-state index contributed by atoms with van der Waals surface area (Å²) in [4.78, 5) is 23.2. The minimum absolute atomic E-state index is 0.325. The van der Waals surface area contributed by atoms with Gasteiger partial charge in [0, 0.05) is 17.0 Å². The molecule has 3 aromatic rings. The highest BCUT2D eigenvalue weighted by molar-refractivity contribution is 7.89. The molecular formula is C21H18F3NO6S. The topological polar surface area (TPSA) is 103 Å². The van der Waals surface area contributed by atoms with Crippen molar-refractivity contribution in [3.05, 3.63) is 75.1 Å². The van der Waals surface area contributed by atoms with Crippen molar-refractivity contribution in [1.29, 1.82) is 0 Å². The standard InChI is InChI=1S/C21H18F3NO6S/c1-12-6-7-17-14(8-18(26)31-20(17)13(12)2)11-30-19(27)10-25-32(28,29)16-5-3-4-15(9-16)21(22,23)24/h3-9,25H,10-11H2,1-2H3. The molecule has 0 saturated carbocycles. The highest BCUT2D eigenvalue weighted by atomic mass is 32.2. The van der Waals surface area contributed by atoms with Gasteiger partial charge in [0.25, 0.3) is 0 Å². The molecule has 0 amide bonds. The molecule has 170 valence electrons. The molecule has 7 nitrogen and oxygen atoms in total. The SMILES string of the molecule is Cc1ccc2c(COC(=O)CNS(=O)(=O)c3cccc(C(F)(F)F)c3)cc(=O)oc2c1C. The Morgan fingerprint density at radius 1 is 1.12 bits per heavy atom. The molecule has 0 aliphatic heterocycles. The Morgan fingerprint density at radius 3 is 2.53 bits per heavy atom. The van der Waals surface area contributed by atoms with Gasteiger partial charge in [0.2, 0.25) is 10.0 Å². The number of aryl methyl sites for hydroxylation is 2. The summed E-state index contributed by atoms with van der Waals surface area (Å²) in [6, 6.07) is 7.81. The van der Waals surface area contributed by atoms with E-state index < -0.39 is 44.8 Å². The molecule has 0 unspecified atom stereocenters. The Kier molecular flexibility index (Phi) is 6.42. The van der Waals surface area contributed by atoms with Gasteiger partial charge in [-0.3, -0.25) is 4.79 Å². The number of fused-ring (bicyclic) bond motifs is 1. The van der Waals surface area contributed by atoms with Crippen LogP contribution >= 0.6 is 0 Å². The van der Waals surface area contributed by atoms with E-state index in [2.05, 4.69) is 0 Å². The number of hydrogen-bond acceptors (Lipinski definition) is 6. The maximum atomic E-state index is 12.8. The fourth-order valence-electron chi connectivity index (χ4n) is 2.93. The molecule has 1 N–H and O–H groups in total. The summed E-state index contributed by atoms with van der Waals surface area (Å²) in [6.45, 7) is 2.49. The molecule has 3 rings (SSSR count). The number of carbonyl (C=O) groups is 1. The van der Waals surface area contributed by atoms with E-state index in [9.17, 15) is 31.2 Å². The first kappa shape index (κ1) is 23.5. The summed E-state index contributed by atoms with van der Waals surface area (Å²) in [5.74, 6) is -0.981. The molecule has 0 aliphatic carbocycles. The number of carbonyl (C=O) groups excluding carboxylic acids is 1. The van der Waals surface area contributed by atoms with Gasteiger partial charge in [0.15, 0.2) is 0 Å². The molecule has 11 heteroatoms. The van der Waals surface area contributed by atoms with Crippen LogP contribution in [0.2, 0.25) is 0 Å². The smallest absolute Gasteiger partial charge is 0.416 e. The zero-order valence-corrected chi connectivity index (χ0v) is 17.8. The fraction of sp³-hybridized carbons (Fsp3) is 0.238. The van der Waals surface area contributed by atoms with Crippen LogP contribution in [0.4, 0.5) is 13.2 Å². The molecule has 2 aromatic carbocycles. The largest absolute Gasteiger partial charge is 0.460 e.